The van der Waals surface area contributed by atoms with Crippen LogP contribution in [0.2, 0.25) is 5.02 Å². The molecular weight excluding hydrogens is 289 g/mol. The molecule has 1 aromatic heterocycles. The third kappa shape index (κ3) is 1.84. The van der Waals surface area contributed by atoms with Crippen LogP contribution in [0.3, 0.4) is 0 Å². The normalized spacial score (nSPS) is 10.1. The maximum atomic E-state index is 8.87. The predicted octanol–water partition coefficient (Wildman–Crippen LogP) is 3.37. The van der Waals surface area contributed by atoms with Gasteiger partial charge in [-0.05, 0) is 40.2 Å². The minimum atomic E-state index is 0.382. The summed E-state index contributed by atoms with van der Waals surface area (Å²) in [5.41, 5.74) is 1.31. The lowest BCUT2D eigenvalue weighted by molar-refractivity contribution is 0.901. The van der Waals surface area contributed by atoms with Crippen LogP contribution >= 0.6 is 27.5 Å². The topological polar surface area (TPSA) is 41.6 Å². The quantitative estimate of drug-likeness (QED) is 0.809. The van der Waals surface area contributed by atoms with Crippen LogP contribution in [-0.4, -0.2) is 9.55 Å². The molecule has 1 heterocycles. The molecule has 0 bridgehead atoms. The van der Waals surface area contributed by atoms with Gasteiger partial charge in [-0.2, -0.15) is 5.26 Å². The van der Waals surface area contributed by atoms with E-state index >= 15 is 0 Å². The molecule has 0 unspecified atom stereocenters. The monoisotopic (exact) mass is 295 g/mol. The molecule has 0 spiro atoms. The first kappa shape index (κ1) is 11.2. The van der Waals surface area contributed by atoms with Gasteiger partial charge in [0.25, 0.3) is 0 Å². The number of rotatable bonds is 1. The number of halogens is 2. The van der Waals surface area contributed by atoms with Gasteiger partial charge in [-0.25, -0.2) is 4.98 Å². The molecule has 0 N–H and O–H groups in total. The number of aromatic nitrogens is 2. The highest BCUT2D eigenvalue weighted by atomic mass is 79.9. The van der Waals surface area contributed by atoms with Crippen molar-refractivity contribution < 1.29 is 0 Å². The standard InChI is InChI=1S/C11H7BrClN3/c1-16-10(12)9(6-14)15-11(16)7-2-4-8(13)5-3-7/h2-5H,1H3. The minimum absolute atomic E-state index is 0.382. The number of nitriles is 1. The predicted molar refractivity (Wildman–Crippen MR) is 66.1 cm³/mol. The van der Waals surface area contributed by atoms with E-state index in [9.17, 15) is 0 Å². The number of hydrogen-bond donors (Lipinski definition) is 0. The molecule has 0 saturated heterocycles. The maximum Gasteiger partial charge on any atom is 0.173 e. The Morgan fingerprint density at radius 2 is 2.00 bits per heavy atom. The fourth-order valence-corrected chi connectivity index (χ4v) is 1.88. The molecule has 1 aromatic carbocycles. The first-order valence-corrected chi connectivity index (χ1v) is 5.69. The highest BCUT2D eigenvalue weighted by molar-refractivity contribution is 9.10. The van der Waals surface area contributed by atoms with E-state index in [0.29, 0.717) is 15.3 Å². The Morgan fingerprint density at radius 3 is 2.50 bits per heavy atom. The molecule has 0 atom stereocenters. The van der Waals surface area contributed by atoms with Crippen molar-refractivity contribution in [2.24, 2.45) is 7.05 Å². The molecule has 2 aromatic rings. The highest BCUT2D eigenvalue weighted by Gasteiger charge is 2.13. The molecule has 2 rings (SSSR count). The van der Waals surface area contributed by atoms with Gasteiger partial charge in [0.1, 0.15) is 16.5 Å². The van der Waals surface area contributed by atoms with E-state index in [1.807, 2.05) is 29.8 Å². The number of imidazole rings is 1. The summed E-state index contributed by atoms with van der Waals surface area (Å²) in [7, 11) is 1.85. The maximum absolute atomic E-state index is 8.87. The minimum Gasteiger partial charge on any atom is -0.321 e. The highest BCUT2D eigenvalue weighted by Crippen LogP contribution is 2.25. The van der Waals surface area contributed by atoms with Crippen molar-refractivity contribution in [1.82, 2.24) is 9.55 Å². The Kier molecular flexibility index (Phi) is 2.99. The van der Waals surface area contributed by atoms with Crippen LogP contribution in [0.25, 0.3) is 11.4 Å². The zero-order chi connectivity index (χ0) is 11.7. The van der Waals surface area contributed by atoms with Gasteiger partial charge < -0.3 is 4.57 Å². The fraction of sp³-hybridized carbons (Fsp3) is 0.0909. The largest absolute Gasteiger partial charge is 0.321 e. The Hall–Kier alpha value is -1.31. The van der Waals surface area contributed by atoms with Crippen molar-refractivity contribution >= 4 is 27.5 Å². The van der Waals surface area contributed by atoms with Crippen LogP contribution in [0.1, 0.15) is 5.69 Å². The molecule has 0 saturated carbocycles. The van der Waals surface area contributed by atoms with E-state index in [-0.39, 0.29) is 0 Å². The summed E-state index contributed by atoms with van der Waals surface area (Å²) in [5.74, 6) is 0.736. The molecule has 0 radical (unpaired) electrons. The zero-order valence-corrected chi connectivity index (χ0v) is 10.7. The van der Waals surface area contributed by atoms with Crippen LogP contribution in [0.4, 0.5) is 0 Å². The summed E-state index contributed by atoms with van der Waals surface area (Å²) in [5, 5.41) is 9.55. The van der Waals surface area contributed by atoms with Gasteiger partial charge in [0.2, 0.25) is 0 Å². The number of hydrogen-bond acceptors (Lipinski definition) is 2. The van der Waals surface area contributed by atoms with Gasteiger partial charge in [0.15, 0.2) is 5.69 Å². The Labute approximate surface area is 106 Å². The van der Waals surface area contributed by atoms with Crippen molar-refractivity contribution in [1.29, 1.82) is 5.26 Å². The van der Waals surface area contributed by atoms with Crippen LogP contribution in [0.15, 0.2) is 28.9 Å². The molecule has 0 fully saturated rings. The van der Waals surface area contributed by atoms with Crippen molar-refractivity contribution in [2.75, 3.05) is 0 Å². The molecule has 3 nitrogen and oxygen atoms in total. The summed E-state index contributed by atoms with van der Waals surface area (Å²) in [6, 6.07) is 9.37. The lowest BCUT2D eigenvalue weighted by Crippen LogP contribution is -1.92. The van der Waals surface area contributed by atoms with E-state index in [4.69, 9.17) is 16.9 Å². The van der Waals surface area contributed by atoms with Gasteiger partial charge in [-0.3, -0.25) is 0 Å². The average molecular weight is 297 g/mol. The number of benzene rings is 1. The SMILES string of the molecule is Cn1c(-c2ccc(Cl)cc2)nc(C#N)c1Br. The Bertz CT molecular complexity index is 566. The van der Waals surface area contributed by atoms with Crippen LogP contribution < -0.4 is 0 Å². The fourth-order valence-electron chi connectivity index (χ4n) is 1.41. The van der Waals surface area contributed by atoms with E-state index in [0.717, 1.165) is 11.4 Å². The Morgan fingerprint density at radius 1 is 1.38 bits per heavy atom. The Balaban J connectivity index is 2.57. The van der Waals surface area contributed by atoms with Gasteiger partial charge in [0.05, 0.1) is 0 Å². The molecule has 16 heavy (non-hydrogen) atoms. The van der Waals surface area contributed by atoms with Crippen molar-refractivity contribution in [2.45, 2.75) is 0 Å². The molecular formula is C11H7BrClN3. The van der Waals surface area contributed by atoms with E-state index in [1.54, 1.807) is 12.1 Å². The van der Waals surface area contributed by atoms with Crippen molar-refractivity contribution in [3.8, 4) is 17.5 Å². The molecule has 0 aliphatic heterocycles. The second-order valence-corrected chi connectivity index (χ2v) is 4.44. The van der Waals surface area contributed by atoms with E-state index < -0.39 is 0 Å². The average Bonchev–Trinajstić information content (AvgIpc) is 2.57. The molecule has 0 aliphatic carbocycles. The van der Waals surface area contributed by atoms with Gasteiger partial charge in [-0.1, -0.05) is 11.6 Å². The first-order valence-electron chi connectivity index (χ1n) is 4.51. The second kappa shape index (κ2) is 4.28. The molecule has 0 amide bonds. The lowest BCUT2D eigenvalue weighted by atomic mass is 10.2. The van der Waals surface area contributed by atoms with Gasteiger partial charge in [-0.15, -0.1) is 0 Å². The second-order valence-electron chi connectivity index (χ2n) is 3.25. The molecule has 0 aliphatic rings. The van der Waals surface area contributed by atoms with Crippen LogP contribution in [0.5, 0.6) is 0 Å². The van der Waals surface area contributed by atoms with E-state index in [2.05, 4.69) is 20.9 Å². The first-order chi connectivity index (χ1) is 7.63. The van der Waals surface area contributed by atoms with Crippen LogP contribution in [-0.2, 0) is 7.05 Å². The van der Waals surface area contributed by atoms with Gasteiger partial charge >= 0.3 is 0 Å². The number of nitrogens with zero attached hydrogens (tertiary/aromatic N) is 3. The molecule has 5 heteroatoms. The van der Waals surface area contributed by atoms with Crippen molar-refractivity contribution in [3.63, 3.8) is 0 Å². The van der Waals surface area contributed by atoms with E-state index in [1.165, 1.54) is 0 Å². The summed E-state index contributed by atoms with van der Waals surface area (Å²) in [6.07, 6.45) is 0. The summed E-state index contributed by atoms with van der Waals surface area (Å²) >= 11 is 9.14. The smallest absolute Gasteiger partial charge is 0.173 e. The van der Waals surface area contributed by atoms with Gasteiger partial charge in [0, 0.05) is 17.6 Å². The summed E-state index contributed by atoms with van der Waals surface area (Å²) < 4.78 is 2.50. The summed E-state index contributed by atoms with van der Waals surface area (Å²) in [4.78, 5) is 4.24. The lowest BCUT2D eigenvalue weighted by Gasteiger charge is -2.02. The molecule has 80 valence electrons. The van der Waals surface area contributed by atoms with Crippen molar-refractivity contribution in [3.05, 3.63) is 39.6 Å². The summed E-state index contributed by atoms with van der Waals surface area (Å²) in [6.45, 7) is 0. The third-order valence-corrected chi connectivity index (χ3v) is 3.39. The zero-order valence-electron chi connectivity index (χ0n) is 8.41. The third-order valence-electron chi connectivity index (χ3n) is 2.23. The van der Waals surface area contributed by atoms with Crippen LogP contribution in [0, 0.1) is 11.3 Å².